The van der Waals surface area contributed by atoms with Crippen LogP contribution in [0.1, 0.15) is 26.7 Å². The molecule has 0 aliphatic rings. The molecule has 0 N–H and O–H groups in total. The molecule has 0 aromatic heterocycles. The van der Waals surface area contributed by atoms with Gasteiger partial charge in [0.2, 0.25) is 0 Å². The summed E-state index contributed by atoms with van der Waals surface area (Å²) < 4.78 is 22.5. The Morgan fingerprint density at radius 3 is 2.36 bits per heavy atom. The Balaban J connectivity index is 4.60. The van der Waals surface area contributed by atoms with E-state index in [-0.39, 0.29) is 0 Å². The minimum absolute atomic E-state index is 0.390. The summed E-state index contributed by atoms with van der Waals surface area (Å²) in [6.07, 6.45) is 11.9. The van der Waals surface area contributed by atoms with E-state index < -0.39 is 9.84 Å². The van der Waals surface area contributed by atoms with E-state index in [1.807, 2.05) is 19.1 Å². The first kappa shape index (κ1) is 13.2. The molecule has 0 amide bonds. The highest BCUT2D eigenvalue weighted by Gasteiger charge is 2.05. The maximum absolute atomic E-state index is 11.2. The van der Waals surface area contributed by atoms with E-state index in [9.17, 15) is 8.42 Å². The second-order valence-corrected chi connectivity index (χ2v) is 5.01. The third kappa shape index (κ3) is 5.75. The normalized spacial score (nSPS) is 14.4. The quantitative estimate of drug-likeness (QED) is 0.521. The molecule has 0 saturated heterocycles. The molecule has 2 nitrogen and oxygen atoms in total. The van der Waals surface area contributed by atoms with Gasteiger partial charge in [-0.15, -0.1) is 0 Å². The summed E-state index contributed by atoms with van der Waals surface area (Å²) in [6.45, 7) is 3.85. The lowest BCUT2D eigenvalue weighted by molar-refractivity contribution is 0.608. The summed E-state index contributed by atoms with van der Waals surface area (Å²) in [7, 11) is -3.07. The van der Waals surface area contributed by atoms with Gasteiger partial charge >= 0.3 is 0 Å². The Bertz CT molecular complexity index is 332. The molecule has 0 atom stereocenters. The van der Waals surface area contributed by atoms with Crippen LogP contribution < -0.4 is 0 Å². The number of allylic oxidation sites excluding steroid dienone is 5. The molecule has 0 aromatic carbocycles. The molecule has 80 valence electrons. The SMILES string of the molecule is C/C=C\C(=C/C/C=C/CC)S(C)(=O)=O. The summed E-state index contributed by atoms with van der Waals surface area (Å²) in [5.41, 5.74) is 0. The van der Waals surface area contributed by atoms with E-state index in [0.29, 0.717) is 11.3 Å². The number of sulfone groups is 1. The van der Waals surface area contributed by atoms with Crippen molar-refractivity contribution >= 4 is 9.84 Å². The summed E-state index contributed by atoms with van der Waals surface area (Å²) in [4.78, 5) is 0.390. The van der Waals surface area contributed by atoms with Crippen molar-refractivity contribution < 1.29 is 8.42 Å². The van der Waals surface area contributed by atoms with Gasteiger partial charge in [-0.3, -0.25) is 0 Å². The number of hydrogen-bond donors (Lipinski definition) is 0. The topological polar surface area (TPSA) is 34.1 Å². The zero-order chi connectivity index (χ0) is 11.0. The Hall–Kier alpha value is -0.830. The number of rotatable bonds is 5. The van der Waals surface area contributed by atoms with Crippen molar-refractivity contribution in [3.05, 3.63) is 35.3 Å². The van der Waals surface area contributed by atoms with Crippen LogP contribution in [0.25, 0.3) is 0 Å². The molecule has 0 radical (unpaired) electrons. The third-order valence-corrected chi connectivity index (χ3v) is 2.78. The van der Waals surface area contributed by atoms with Gasteiger partial charge in [0.15, 0.2) is 9.84 Å². The van der Waals surface area contributed by atoms with Gasteiger partial charge in [-0.1, -0.05) is 31.2 Å². The lowest BCUT2D eigenvalue weighted by Crippen LogP contribution is -1.97. The predicted molar refractivity (Wildman–Crippen MR) is 61.8 cm³/mol. The maximum atomic E-state index is 11.2. The lowest BCUT2D eigenvalue weighted by Gasteiger charge is -1.97. The molecule has 3 heteroatoms. The van der Waals surface area contributed by atoms with Crippen molar-refractivity contribution in [1.29, 1.82) is 0 Å². The first-order chi connectivity index (χ1) is 6.52. The first-order valence-corrected chi connectivity index (χ1v) is 6.59. The van der Waals surface area contributed by atoms with Crippen molar-refractivity contribution in [3.8, 4) is 0 Å². The average Bonchev–Trinajstić information content (AvgIpc) is 2.08. The van der Waals surface area contributed by atoms with Crippen molar-refractivity contribution in [2.24, 2.45) is 0 Å². The van der Waals surface area contributed by atoms with E-state index in [1.54, 1.807) is 25.2 Å². The molecule has 0 rings (SSSR count). The van der Waals surface area contributed by atoms with Crippen LogP contribution in [0.4, 0.5) is 0 Å². The van der Waals surface area contributed by atoms with Gasteiger partial charge in [0.1, 0.15) is 0 Å². The highest BCUT2D eigenvalue weighted by Crippen LogP contribution is 2.08. The fourth-order valence-corrected chi connectivity index (χ4v) is 1.74. The van der Waals surface area contributed by atoms with E-state index in [2.05, 4.69) is 0 Å². The first-order valence-electron chi connectivity index (χ1n) is 4.70. The number of hydrogen-bond acceptors (Lipinski definition) is 2. The summed E-state index contributed by atoms with van der Waals surface area (Å²) in [5.74, 6) is 0. The molecule has 0 bridgehead atoms. The van der Waals surface area contributed by atoms with Crippen molar-refractivity contribution in [1.82, 2.24) is 0 Å². The molecule has 0 aliphatic heterocycles. The van der Waals surface area contributed by atoms with E-state index in [0.717, 1.165) is 6.42 Å². The van der Waals surface area contributed by atoms with Crippen LogP contribution in [0.3, 0.4) is 0 Å². The average molecular weight is 214 g/mol. The Kier molecular flexibility index (Phi) is 6.21. The fraction of sp³-hybridized carbons (Fsp3) is 0.455. The summed E-state index contributed by atoms with van der Waals surface area (Å²) in [6, 6.07) is 0. The molecule has 0 saturated carbocycles. The fourth-order valence-electron chi connectivity index (χ4n) is 0.954. The molecular weight excluding hydrogens is 196 g/mol. The van der Waals surface area contributed by atoms with E-state index in [4.69, 9.17) is 0 Å². The molecular formula is C11H18O2S. The van der Waals surface area contributed by atoms with Gasteiger partial charge < -0.3 is 0 Å². The van der Waals surface area contributed by atoms with E-state index >= 15 is 0 Å². The van der Waals surface area contributed by atoms with Crippen LogP contribution in [0.2, 0.25) is 0 Å². The van der Waals surface area contributed by atoms with Gasteiger partial charge in [-0.2, -0.15) is 0 Å². The zero-order valence-corrected chi connectivity index (χ0v) is 9.84. The minimum atomic E-state index is -3.07. The summed E-state index contributed by atoms with van der Waals surface area (Å²) >= 11 is 0. The molecule has 0 fully saturated rings. The Labute approximate surface area is 86.9 Å². The monoisotopic (exact) mass is 214 g/mol. The van der Waals surface area contributed by atoms with Gasteiger partial charge in [-0.05, 0) is 25.8 Å². The van der Waals surface area contributed by atoms with E-state index in [1.165, 1.54) is 6.26 Å². The largest absolute Gasteiger partial charge is 0.224 e. The van der Waals surface area contributed by atoms with Gasteiger partial charge in [0.25, 0.3) is 0 Å². The lowest BCUT2D eigenvalue weighted by atomic mass is 10.3. The van der Waals surface area contributed by atoms with Crippen molar-refractivity contribution in [2.45, 2.75) is 26.7 Å². The highest BCUT2D eigenvalue weighted by atomic mass is 32.2. The van der Waals surface area contributed by atoms with Crippen LogP contribution in [0.15, 0.2) is 35.3 Å². The molecule has 0 aliphatic carbocycles. The molecule has 0 unspecified atom stereocenters. The van der Waals surface area contributed by atoms with Gasteiger partial charge in [0, 0.05) is 6.26 Å². The minimum Gasteiger partial charge on any atom is -0.224 e. The predicted octanol–water partition coefficient (Wildman–Crippen LogP) is 2.85. The maximum Gasteiger partial charge on any atom is 0.175 e. The standard InChI is InChI=1S/C11H18O2S/c1-4-6-7-8-10-11(9-5-2)14(3,12)13/h5-7,9-10H,4,8H2,1-3H3/b7-6+,9-5-,11-10+. The summed E-state index contributed by atoms with van der Waals surface area (Å²) in [5, 5.41) is 0. The highest BCUT2D eigenvalue weighted by molar-refractivity contribution is 7.94. The van der Waals surface area contributed by atoms with Crippen LogP contribution in [0.5, 0.6) is 0 Å². The Morgan fingerprint density at radius 2 is 1.93 bits per heavy atom. The van der Waals surface area contributed by atoms with Crippen LogP contribution in [-0.4, -0.2) is 14.7 Å². The van der Waals surface area contributed by atoms with Crippen molar-refractivity contribution in [2.75, 3.05) is 6.26 Å². The third-order valence-electron chi connectivity index (χ3n) is 1.62. The molecule has 0 heterocycles. The second-order valence-electron chi connectivity index (χ2n) is 2.99. The van der Waals surface area contributed by atoms with Gasteiger partial charge in [0.05, 0.1) is 4.91 Å². The van der Waals surface area contributed by atoms with Crippen LogP contribution in [-0.2, 0) is 9.84 Å². The molecule has 0 spiro atoms. The second kappa shape index (κ2) is 6.60. The van der Waals surface area contributed by atoms with Crippen LogP contribution >= 0.6 is 0 Å². The Morgan fingerprint density at radius 1 is 1.29 bits per heavy atom. The van der Waals surface area contributed by atoms with Gasteiger partial charge in [-0.25, -0.2) is 8.42 Å². The molecule has 0 aromatic rings. The van der Waals surface area contributed by atoms with Crippen LogP contribution in [0, 0.1) is 0 Å². The smallest absolute Gasteiger partial charge is 0.175 e. The van der Waals surface area contributed by atoms with Crippen molar-refractivity contribution in [3.63, 3.8) is 0 Å². The molecule has 14 heavy (non-hydrogen) atoms. The zero-order valence-electron chi connectivity index (χ0n) is 9.03.